The third-order valence-corrected chi connectivity index (χ3v) is 2.97. The van der Waals surface area contributed by atoms with Crippen molar-refractivity contribution >= 4 is 11.5 Å². The molecule has 0 amide bonds. The van der Waals surface area contributed by atoms with Gasteiger partial charge >= 0.3 is 5.69 Å². The summed E-state index contributed by atoms with van der Waals surface area (Å²) in [6.45, 7) is 5.25. The second-order valence-corrected chi connectivity index (χ2v) is 4.59. The highest BCUT2D eigenvalue weighted by molar-refractivity contribution is 5.59. The Bertz CT molecular complexity index is 423. The average Bonchev–Trinajstić information content (AvgIpc) is 3.01. The van der Waals surface area contributed by atoms with Crippen LogP contribution in [0.3, 0.4) is 0 Å². The molecule has 1 heterocycles. The second-order valence-electron chi connectivity index (χ2n) is 4.59. The molecule has 1 saturated carbocycles. The summed E-state index contributed by atoms with van der Waals surface area (Å²) in [5.41, 5.74) is 0.612. The van der Waals surface area contributed by atoms with E-state index >= 15 is 0 Å². The number of hydrogen-bond acceptors (Lipinski definition) is 4. The average molecular weight is 238 g/mol. The summed E-state index contributed by atoms with van der Waals surface area (Å²) in [5.74, 6) is 1.25. The van der Waals surface area contributed by atoms with Crippen LogP contribution in [0.2, 0.25) is 0 Å². The van der Waals surface area contributed by atoms with Crippen LogP contribution in [0.1, 0.15) is 31.9 Å². The van der Waals surface area contributed by atoms with Gasteiger partial charge in [0.05, 0.1) is 4.92 Å². The lowest BCUT2D eigenvalue weighted by molar-refractivity contribution is -0.384. The number of nitrogens with one attached hydrogen (secondary N) is 1. The second kappa shape index (κ2) is 4.73. The molecule has 0 spiro atoms. The Labute approximate surface area is 100 Å². The first-order chi connectivity index (χ1) is 8.13. The lowest BCUT2D eigenvalue weighted by Crippen LogP contribution is -2.11. The molecule has 6 nitrogen and oxygen atoms in total. The van der Waals surface area contributed by atoms with Crippen molar-refractivity contribution in [2.24, 2.45) is 5.92 Å². The Kier molecular flexibility index (Phi) is 3.31. The Balaban J connectivity index is 2.24. The fraction of sp³-hybridized carbons (Fsp3) is 0.727. The van der Waals surface area contributed by atoms with Gasteiger partial charge in [0.2, 0.25) is 5.82 Å². The number of aryl methyl sites for hydroxylation is 2. The van der Waals surface area contributed by atoms with Crippen molar-refractivity contribution in [1.82, 2.24) is 9.78 Å². The van der Waals surface area contributed by atoms with Crippen LogP contribution in [0, 0.1) is 23.0 Å². The van der Waals surface area contributed by atoms with Crippen molar-refractivity contribution in [3.05, 3.63) is 15.8 Å². The molecule has 1 aromatic heterocycles. The smallest absolute Gasteiger partial charge is 0.333 e. The van der Waals surface area contributed by atoms with E-state index in [1.54, 1.807) is 11.6 Å². The summed E-state index contributed by atoms with van der Waals surface area (Å²) in [5, 5.41) is 18.5. The molecule has 0 saturated heterocycles. The van der Waals surface area contributed by atoms with Crippen molar-refractivity contribution in [1.29, 1.82) is 0 Å². The Morgan fingerprint density at radius 2 is 2.29 bits per heavy atom. The van der Waals surface area contributed by atoms with Gasteiger partial charge in [-0.05, 0) is 32.1 Å². The summed E-state index contributed by atoms with van der Waals surface area (Å²) in [6.07, 6.45) is 3.36. The van der Waals surface area contributed by atoms with E-state index in [4.69, 9.17) is 0 Å². The molecule has 17 heavy (non-hydrogen) atoms. The number of nitrogens with zero attached hydrogens (tertiary/aromatic N) is 3. The fourth-order valence-corrected chi connectivity index (χ4v) is 1.90. The van der Waals surface area contributed by atoms with Gasteiger partial charge in [-0.1, -0.05) is 6.92 Å². The predicted molar refractivity (Wildman–Crippen MR) is 65.1 cm³/mol. The number of rotatable bonds is 6. The zero-order chi connectivity index (χ0) is 12.4. The van der Waals surface area contributed by atoms with E-state index in [1.165, 1.54) is 12.8 Å². The minimum Gasteiger partial charge on any atom is -0.364 e. The highest BCUT2D eigenvalue weighted by atomic mass is 16.6. The van der Waals surface area contributed by atoms with E-state index in [-0.39, 0.29) is 10.6 Å². The van der Waals surface area contributed by atoms with Crippen LogP contribution in [-0.4, -0.2) is 21.2 Å². The SMILES string of the molecule is CCCn1nc(C)c([N+](=O)[O-])c1NCC1CC1. The van der Waals surface area contributed by atoms with Crippen molar-refractivity contribution in [2.45, 2.75) is 39.7 Å². The van der Waals surface area contributed by atoms with Gasteiger partial charge in [0.1, 0.15) is 5.69 Å². The summed E-state index contributed by atoms with van der Waals surface area (Å²) >= 11 is 0. The predicted octanol–water partition coefficient (Wildman–Crippen LogP) is 2.33. The molecule has 1 aliphatic carbocycles. The molecule has 1 N–H and O–H groups in total. The Morgan fingerprint density at radius 3 is 2.82 bits per heavy atom. The van der Waals surface area contributed by atoms with Crippen LogP contribution >= 0.6 is 0 Å². The van der Waals surface area contributed by atoms with Crippen LogP contribution in [0.15, 0.2) is 0 Å². The number of hydrogen-bond donors (Lipinski definition) is 1. The van der Waals surface area contributed by atoms with E-state index in [0.29, 0.717) is 24.0 Å². The molecule has 0 radical (unpaired) electrons. The zero-order valence-electron chi connectivity index (χ0n) is 10.3. The van der Waals surface area contributed by atoms with Crippen molar-refractivity contribution in [3.8, 4) is 0 Å². The molecule has 0 unspecified atom stereocenters. The van der Waals surface area contributed by atoms with Gasteiger partial charge in [-0.2, -0.15) is 5.10 Å². The molecule has 2 rings (SSSR count). The molecule has 1 aliphatic rings. The van der Waals surface area contributed by atoms with Gasteiger partial charge < -0.3 is 5.32 Å². The van der Waals surface area contributed by atoms with E-state index in [2.05, 4.69) is 10.4 Å². The monoisotopic (exact) mass is 238 g/mol. The van der Waals surface area contributed by atoms with Gasteiger partial charge in [0, 0.05) is 13.1 Å². The molecular weight excluding hydrogens is 220 g/mol. The number of aromatic nitrogens is 2. The highest BCUT2D eigenvalue weighted by Gasteiger charge is 2.27. The first kappa shape index (κ1) is 11.9. The number of anilines is 1. The van der Waals surface area contributed by atoms with Crippen LogP contribution in [0.5, 0.6) is 0 Å². The maximum Gasteiger partial charge on any atom is 0.333 e. The summed E-state index contributed by atoms with van der Waals surface area (Å²) < 4.78 is 1.72. The summed E-state index contributed by atoms with van der Waals surface area (Å²) in [4.78, 5) is 10.7. The fourth-order valence-electron chi connectivity index (χ4n) is 1.90. The van der Waals surface area contributed by atoms with E-state index in [9.17, 15) is 10.1 Å². The molecule has 94 valence electrons. The van der Waals surface area contributed by atoms with Gasteiger partial charge in [-0.15, -0.1) is 0 Å². The van der Waals surface area contributed by atoms with Crippen molar-refractivity contribution in [3.63, 3.8) is 0 Å². The Hall–Kier alpha value is -1.59. The first-order valence-corrected chi connectivity index (χ1v) is 6.09. The van der Waals surface area contributed by atoms with Crippen LogP contribution in [0.4, 0.5) is 11.5 Å². The van der Waals surface area contributed by atoms with E-state index in [1.807, 2.05) is 6.92 Å². The third kappa shape index (κ3) is 2.57. The molecule has 0 bridgehead atoms. The third-order valence-electron chi connectivity index (χ3n) is 2.97. The van der Waals surface area contributed by atoms with Gasteiger partial charge in [0.25, 0.3) is 0 Å². The highest BCUT2D eigenvalue weighted by Crippen LogP contribution is 2.32. The van der Waals surface area contributed by atoms with Gasteiger partial charge in [0.15, 0.2) is 0 Å². The molecule has 0 aliphatic heterocycles. The van der Waals surface area contributed by atoms with Crippen molar-refractivity contribution < 1.29 is 4.92 Å². The maximum atomic E-state index is 11.0. The molecule has 1 fully saturated rings. The molecule has 0 atom stereocenters. The summed E-state index contributed by atoms with van der Waals surface area (Å²) in [7, 11) is 0. The van der Waals surface area contributed by atoms with E-state index < -0.39 is 0 Å². The topological polar surface area (TPSA) is 73.0 Å². The molecule has 0 aromatic carbocycles. The van der Waals surface area contributed by atoms with Crippen LogP contribution < -0.4 is 5.32 Å². The molecular formula is C11H18N4O2. The zero-order valence-corrected chi connectivity index (χ0v) is 10.3. The standard InChI is InChI=1S/C11H18N4O2/c1-3-6-14-11(12-7-9-4-5-9)10(15(16)17)8(2)13-14/h9,12H,3-7H2,1-2H3. The number of nitro groups is 1. The van der Waals surface area contributed by atoms with Gasteiger partial charge in [-0.25, -0.2) is 4.68 Å². The Morgan fingerprint density at radius 1 is 1.59 bits per heavy atom. The minimum atomic E-state index is -0.344. The van der Waals surface area contributed by atoms with Crippen LogP contribution in [-0.2, 0) is 6.54 Å². The maximum absolute atomic E-state index is 11.0. The quantitative estimate of drug-likeness (QED) is 0.609. The van der Waals surface area contributed by atoms with Crippen LogP contribution in [0.25, 0.3) is 0 Å². The van der Waals surface area contributed by atoms with Gasteiger partial charge in [-0.3, -0.25) is 10.1 Å². The molecule has 1 aromatic rings. The molecule has 6 heteroatoms. The first-order valence-electron chi connectivity index (χ1n) is 6.09. The normalized spacial score (nSPS) is 14.9. The lowest BCUT2D eigenvalue weighted by Gasteiger charge is -2.07. The minimum absolute atomic E-state index is 0.124. The van der Waals surface area contributed by atoms with Crippen molar-refractivity contribution in [2.75, 3.05) is 11.9 Å². The lowest BCUT2D eigenvalue weighted by atomic mass is 10.3. The van der Waals surface area contributed by atoms with E-state index in [0.717, 1.165) is 13.0 Å². The summed E-state index contributed by atoms with van der Waals surface area (Å²) in [6, 6.07) is 0. The largest absolute Gasteiger partial charge is 0.364 e.